The Kier molecular flexibility index (Phi) is 7.28. The largest absolute Gasteiger partial charge is 0.451 e. The maximum Gasteiger partial charge on any atom is 0.409 e. The van der Waals surface area contributed by atoms with Crippen molar-refractivity contribution in [2.75, 3.05) is 26.9 Å². The first-order valence-electron chi connectivity index (χ1n) is 11.2. The predicted molar refractivity (Wildman–Crippen MR) is 125 cm³/mol. The van der Waals surface area contributed by atoms with Crippen LogP contribution < -0.4 is 15.5 Å². The quantitative estimate of drug-likeness (QED) is 0.503. The highest BCUT2D eigenvalue weighted by Crippen LogP contribution is 2.39. The number of carbonyl (C=O) groups is 2. The Balaban J connectivity index is 1.88. The number of fused-ring (bicyclic) bond motifs is 1. The molecule has 36 heavy (non-hydrogen) atoms. The second-order valence-electron chi connectivity index (χ2n) is 8.07. The normalized spacial score (nSPS) is 15.0. The molecule has 1 aromatic heterocycles. The zero-order chi connectivity index (χ0) is 25.8. The Hall–Kier alpha value is -4.28. The summed E-state index contributed by atoms with van der Waals surface area (Å²) in [6, 6.07) is 11.2. The Bertz CT molecular complexity index is 1300. The van der Waals surface area contributed by atoms with E-state index < -0.39 is 47.8 Å². The van der Waals surface area contributed by atoms with E-state index in [2.05, 4.69) is 10.4 Å². The van der Waals surface area contributed by atoms with Crippen molar-refractivity contribution in [2.45, 2.75) is 18.9 Å². The smallest absolute Gasteiger partial charge is 0.409 e. The van der Waals surface area contributed by atoms with Crippen LogP contribution in [-0.4, -0.2) is 53.6 Å². The number of aromatic nitrogens is 2. The van der Waals surface area contributed by atoms with E-state index in [9.17, 15) is 23.2 Å². The van der Waals surface area contributed by atoms with Gasteiger partial charge < -0.3 is 19.7 Å². The van der Waals surface area contributed by atoms with Crippen molar-refractivity contribution < 1.29 is 27.8 Å². The number of nitrogens with one attached hydrogen (secondary N) is 1. The van der Waals surface area contributed by atoms with Gasteiger partial charge in [0.05, 0.1) is 12.2 Å². The standard InChI is InChI=1S/C25H24F2N4O5/c1-3-30-13-19(21(15-6-4-8-17(26)10-15)16-7-5-9-18(27)11-16)31-22(24(30)33)23(20(32)12-29-31)35-14-36-25(34)28-2/h4-12,19,21H,3,13-14H2,1-2H3,(H,28,34)/t19-/m1/s1. The van der Waals surface area contributed by atoms with Crippen LogP contribution in [0.3, 0.4) is 0 Å². The first-order valence-corrected chi connectivity index (χ1v) is 11.2. The summed E-state index contributed by atoms with van der Waals surface area (Å²) in [4.78, 5) is 38.9. The molecule has 2 amide bonds. The molecule has 2 heterocycles. The van der Waals surface area contributed by atoms with E-state index in [1.54, 1.807) is 31.2 Å². The van der Waals surface area contributed by atoms with E-state index in [1.165, 1.54) is 40.9 Å². The van der Waals surface area contributed by atoms with Gasteiger partial charge in [0.2, 0.25) is 18.0 Å². The van der Waals surface area contributed by atoms with Crippen LogP contribution in [-0.2, 0) is 4.74 Å². The number of halogens is 2. The fraction of sp³-hybridized carbons (Fsp3) is 0.280. The monoisotopic (exact) mass is 498 g/mol. The highest BCUT2D eigenvalue weighted by atomic mass is 19.1. The first kappa shape index (κ1) is 24.8. The zero-order valence-corrected chi connectivity index (χ0v) is 19.6. The minimum Gasteiger partial charge on any atom is -0.451 e. The second kappa shape index (κ2) is 10.5. The van der Waals surface area contributed by atoms with Gasteiger partial charge in [-0.1, -0.05) is 24.3 Å². The van der Waals surface area contributed by atoms with Crippen molar-refractivity contribution in [3.05, 3.63) is 93.4 Å². The predicted octanol–water partition coefficient (Wildman–Crippen LogP) is 3.06. The van der Waals surface area contributed by atoms with Crippen LogP contribution >= 0.6 is 0 Å². The minimum atomic E-state index is -0.783. The molecule has 3 aromatic rings. The van der Waals surface area contributed by atoms with Gasteiger partial charge in [0, 0.05) is 26.1 Å². The van der Waals surface area contributed by atoms with Gasteiger partial charge in [0.25, 0.3) is 5.91 Å². The van der Waals surface area contributed by atoms with Crippen LogP contribution in [0.2, 0.25) is 0 Å². The van der Waals surface area contributed by atoms with Crippen LogP contribution in [0.25, 0.3) is 0 Å². The number of hydrogen-bond donors (Lipinski definition) is 1. The summed E-state index contributed by atoms with van der Waals surface area (Å²) < 4.78 is 40.1. The third-order valence-corrected chi connectivity index (χ3v) is 5.96. The van der Waals surface area contributed by atoms with Crippen molar-refractivity contribution in [3.63, 3.8) is 0 Å². The lowest BCUT2D eigenvalue weighted by atomic mass is 9.83. The average Bonchev–Trinajstić information content (AvgIpc) is 2.86. The number of nitrogens with zero attached hydrogens (tertiary/aromatic N) is 3. The van der Waals surface area contributed by atoms with Gasteiger partial charge in [-0.25, -0.2) is 13.6 Å². The van der Waals surface area contributed by atoms with E-state index in [1.807, 2.05) is 0 Å². The highest BCUT2D eigenvalue weighted by Gasteiger charge is 2.39. The maximum atomic E-state index is 14.3. The molecule has 1 aliphatic rings. The Morgan fingerprint density at radius 3 is 2.33 bits per heavy atom. The number of rotatable bonds is 7. The summed E-state index contributed by atoms with van der Waals surface area (Å²) in [5, 5.41) is 6.47. The van der Waals surface area contributed by atoms with Crippen molar-refractivity contribution in [2.24, 2.45) is 0 Å². The van der Waals surface area contributed by atoms with Crippen LogP contribution in [0.4, 0.5) is 13.6 Å². The van der Waals surface area contributed by atoms with Gasteiger partial charge >= 0.3 is 6.09 Å². The highest BCUT2D eigenvalue weighted by molar-refractivity contribution is 5.96. The van der Waals surface area contributed by atoms with Gasteiger partial charge in [0.15, 0.2) is 5.69 Å². The number of benzene rings is 2. The summed E-state index contributed by atoms with van der Waals surface area (Å²) in [7, 11) is 1.36. The van der Waals surface area contributed by atoms with Crippen LogP contribution in [0.1, 0.15) is 40.5 Å². The SMILES string of the molecule is CCN1C[C@H](C(c2cccc(F)c2)c2cccc(F)c2)n2ncc(=O)c(OCOC(=O)NC)c2C1=O. The maximum absolute atomic E-state index is 14.3. The molecule has 0 fully saturated rings. The minimum absolute atomic E-state index is 0.140. The number of carbonyl (C=O) groups excluding carboxylic acids is 2. The van der Waals surface area contributed by atoms with Crippen molar-refractivity contribution in [1.29, 1.82) is 0 Å². The lowest BCUT2D eigenvalue weighted by Crippen LogP contribution is -2.47. The Labute approximate surface area is 205 Å². The number of alkyl carbamates (subject to hydrolysis) is 1. The number of hydrogen-bond acceptors (Lipinski definition) is 6. The van der Waals surface area contributed by atoms with Gasteiger partial charge in [0.1, 0.15) is 11.6 Å². The fourth-order valence-electron chi connectivity index (χ4n) is 4.34. The number of amides is 2. The zero-order valence-electron chi connectivity index (χ0n) is 19.6. The molecular formula is C25H24F2N4O5. The second-order valence-corrected chi connectivity index (χ2v) is 8.07. The lowest BCUT2D eigenvalue weighted by molar-refractivity contribution is 0.0521. The van der Waals surface area contributed by atoms with Gasteiger partial charge in [-0.3, -0.25) is 14.3 Å². The van der Waals surface area contributed by atoms with E-state index >= 15 is 0 Å². The average molecular weight is 498 g/mol. The molecule has 0 unspecified atom stereocenters. The van der Waals surface area contributed by atoms with Crippen LogP contribution in [0.5, 0.6) is 5.75 Å². The summed E-state index contributed by atoms with van der Waals surface area (Å²) in [6.07, 6.45) is 0.212. The molecule has 4 rings (SSSR count). The van der Waals surface area contributed by atoms with Crippen LogP contribution in [0, 0.1) is 11.6 Å². The molecule has 0 bridgehead atoms. The van der Waals surface area contributed by atoms with Gasteiger partial charge in [-0.15, -0.1) is 0 Å². The molecular weight excluding hydrogens is 474 g/mol. The molecule has 9 nitrogen and oxygen atoms in total. The van der Waals surface area contributed by atoms with Gasteiger partial charge in [-0.2, -0.15) is 5.10 Å². The summed E-state index contributed by atoms with van der Waals surface area (Å²) in [5.74, 6) is -2.43. The molecule has 0 saturated heterocycles. The number of ether oxygens (including phenoxy) is 2. The molecule has 0 saturated carbocycles. The van der Waals surface area contributed by atoms with Gasteiger partial charge in [-0.05, 0) is 42.3 Å². The summed E-state index contributed by atoms with van der Waals surface area (Å²) in [6.45, 7) is 1.61. The van der Waals surface area contributed by atoms with Crippen molar-refractivity contribution in [3.8, 4) is 5.75 Å². The topological polar surface area (TPSA) is 103 Å². The van der Waals surface area contributed by atoms with E-state index in [-0.39, 0.29) is 18.0 Å². The molecule has 11 heteroatoms. The fourth-order valence-corrected chi connectivity index (χ4v) is 4.34. The Morgan fingerprint density at radius 2 is 1.78 bits per heavy atom. The Morgan fingerprint density at radius 1 is 1.14 bits per heavy atom. The lowest BCUT2D eigenvalue weighted by Gasteiger charge is -2.39. The molecule has 2 aromatic carbocycles. The first-order chi connectivity index (χ1) is 17.3. The van der Waals surface area contributed by atoms with E-state index in [4.69, 9.17) is 9.47 Å². The molecule has 0 radical (unpaired) electrons. The molecule has 0 aliphatic carbocycles. The third kappa shape index (κ3) is 4.90. The molecule has 1 atom stereocenters. The van der Waals surface area contributed by atoms with Crippen LogP contribution in [0.15, 0.2) is 59.5 Å². The molecule has 1 aliphatic heterocycles. The molecule has 1 N–H and O–H groups in total. The molecule has 188 valence electrons. The van der Waals surface area contributed by atoms with E-state index in [0.29, 0.717) is 17.7 Å². The van der Waals surface area contributed by atoms with Crippen molar-refractivity contribution >= 4 is 12.0 Å². The third-order valence-electron chi connectivity index (χ3n) is 5.96. The summed E-state index contributed by atoms with van der Waals surface area (Å²) >= 11 is 0. The molecule has 0 spiro atoms. The number of likely N-dealkylation sites (N-methyl/N-ethyl adjacent to an activating group) is 1. The van der Waals surface area contributed by atoms with Crippen molar-refractivity contribution in [1.82, 2.24) is 20.0 Å². The van der Waals surface area contributed by atoms with E-state index in [0.717, 1.165) is 6.20 Å². The summed E-state index contributed by atoms with van der Waals surface area (Å²) in [5.41, 5.74) is 0.250.